The first-order chi connectivity index (χ1) is 15.4. The van der Waals surface area contributed by atoms with Gasteiger partial charge in [-0.25, -0.2) is 4.68 Å². The predicted octanol–water partition coefficient (Wildman–Crippen LogP) is 4.61. The molecular formula is C23H21ClN4O4. The average molecular weight is 453 g/mol. The maximum absolute atomic E-state index is 13.2. The number of nitrogens with one attached hydrogen (secondary N) is 1. The van der Waals surface area contributed by atoms with Crippen LogP contribution in [0.5, 0.6) is 5.75 Å². The zero-order valence-electron chi connectivity index (χ0n) is 17.8. The van der Waals surface area contributed by atoms with Crippen molar-refractivity contribution in [3.05, 3.63) is 69.7 Å². The molecule has 32 heavy (non-hydrogen) atoms. The van der Waals surface area contributed by atoms with Crippen LogP contribution in [-0.2, 0) is 4.79 Å². The van der Waals surface area contributed by atoms with Gasteiger partial charge in [-0.05, 0) is 55.8 Å². The molecule has 0 radical (unpaired) electrons. The molecule has 1 atom stereocenters. The Morgan fingerprint density at radius 1 is 1.25 bits per heavy atom. The molecule has 0 spiro atoms. The molecule has 0 aliphatic heterocycles. The highest BCUT2D eigenvalue weighted by atomic mass is 35.5. The van der Waals surface area contributed by atoms with Crippen LogP contribution in [0, 0.1) is 6.92 Å². The van der Waals surface area contributed by atoms with Crippen LogP contribution in [-0.4, -0.2) is 28.0 Å². The second kappa shape index (κ2) is 8.84. The molecule has 2 aromatic heterocycles. The molecule has 164 valence electrons. The van der Waals surface area contributed by atoms with Gasteiger partial charge in [-0.1, -0.05) is 29.7 Å². The van der Waals surface area contributed by atoms with E-state index in [1.54, 1.807) is 50.4 Å². The Labute approximate surface area is 188 Å². The molecule has 1 amide bonds. The van der Waals surface area contributed by atoms with Gasteiger partial charge in [0.2, 0.25) is 5.91 Å². The number of nitrogens with zero attached hydrogens (tertiary/aromatic N) is 3. The van der Waals surface area contributed by atoms with E-state index in [9.17, 15) is 9.59 Å². The summed E-state index contributed by atoms with van der Waals surface area (Å²) in [5.74, 6) is 0.774. The van der Waals surface area contributed by atoms with Crippen LogP contribution in [0.15, 0.2) is 57.8 Å². The first-order valence-corrected chi connectivity index (χ1v) is 10.4. The number of hydrogen-bond donors (Lipinski definition) is 1. The van der Waals surface area contributed by atoms with Crippen molar-refractivity contribution in [1.29, 1.82) is 0 Å². The zero-order valence-corrected chi connectivity index (χ0v) is 18.5. The minimum Gasteiger partial charge on any atom is -0.497 e. The molecule has 0 fully saturated rings. The summed E-state index contributed by atoms with van der Waals surface area (Å²) < 4.78 is 11.7. The molecule has 0 unspecified atom stereocenters. The number of methoxy groups -OCH3 is 1. The Hall–Kier alpha value is -3.65. The standard InChI is InChI=1S/C23H21ClN4O4/c1-4-18(22(29)25-16-7-5-6-15(24)12-16)28-23(30)21-19(13(2)32-27-21)20(26-28)14-8-10-17(31-3)11-9-14/h5-12,18H,4H2,1-3H3,(H,25,29)/t18-/m0/s1. The first-order valence-electron chi connectivity index (χ1n) is 10.0. The Morgan fingerprint density at radius 3 is 2.66 bits per heavy atom. The van der Waals surface area contributed by atoms with Gasteiger partial charge >= 0.3 is 0 Å². The second-order valence-electron chi connectivity index (χ2n) is 7.21. The smallest absolute Gasteiger partial charge is 0.297 e. The van der Waals surface area contributed by atoms with Gasteiger partial charge in [0.1, 0.15) is 23.2 Å². The lowest BCUT2D eigenvalue weighted by Gasteiger charge is -2.18. The van der Waals surface area contributed by atoms with Crippen molar-refractivity contribution >= 4 is 34.1 Å². The molecule has 0 aliphatic rings. The lowest BCUT2D eigenvalue weighted by Crippen LogP contribution is -2.35. The Kier molecular flexibility index (Phi) is 5.96. The van der Waals surface area contributed by atoms with Gasteiger partial charge in [0.25, 0.3) is 5.56 Å². The highest BCUT2D eigenvalue weighted by Crippen LogP contribution is 2.29. The van der Waals surface area contributed by atoms with E-state index in [0.29, 0.717) is 39.7 Å². The second-order valence-corrected chi connectivity index (χ2v) is 7.65. The maximum Gasteiger partial charge on any atom is 0.297 e. The van der Waals surface area contributed by atoms with Crippen molar-refractivity contribution in [1.82, 2.24) is 14.9 Å². The number of amides is 1. The number of aromatic nitrogens is 3. The Balaban J connectivity index is 1.83. The van der Waals surface area contributed by atoms with Crippen LogP contribution in [0.3, 0.4) is 0 Å². The fraction of sp³-hybridized carbons (Fsp3) is 0.217. The minimum absolute atomic E-state index is 0.123. The molecule has 0 bridgehead atoms. The number of rotatable bonds is 6. The van der Waals surface area contributed by atoms with Crippen molar-refractivity contribution in [2.75, 3.05) is 12.4 Å². The summed E-state index contributed by atoms with van der Waals surface area (Å²) in [5.41, 5.74) is 1.39. The van der Waals surface area contributed by atoms with Crippen molar-refractivity contribution in [2.24, 2.45) is 0 Å². The maximum atomic E-state index is 13.2. The minimum atomic E-state index is -0.861. The van der Waals surface area contributed by atoms with Crippen molar-refractivity contribution in [3.63, 3.8) is 0 Å². The number of hydrogen-bond acceptors (Lipinski definition) is 6. The van der Waals surface area contributed by atoms with E-state index >= 15 is 0 Å². The Morgan fingerprint density at radius 2 is 2.00 bits per heavy atom. The van der Waals surface area contributed by atoms with E-state index in [-0.39, 0.29) is 11.4 Å². The number of aryl methyl sites for hydroxylation is 1. The summed E-state index contributed by atoms with van der Waals surface area (Å²) in [4.78, 5) is 26.3. The van der Waals surface area contributed by atoms with Crippen molar-refractivity contribution < 1.29 is 14.1 Å². The fourth-order valence-corrected chi connectivity index (χ4v) is 3.72. The number of carbonyl (C=O) groups excluding carboxylic acids is 1. The molecule has 0 saturated carbocycles. The first kappa shape index (κ1) is 21.6. The largest absolute Gasteiger partial charge is 0.497 e. The lowest BCUT2D eigenvalue weighted by atomic mass is 10.1. The SMILES string of the molecule is CC[C@@H](C(=O)Nc1cccc(Cl)c1)n1nc(-c2ccc(OC)cc2)c2c(C)onc2c1=O. The summed E-state index contributed by atoms with van der Waals surface area (Å²) >= 11 is 6.02. The summed E-state index contributed by atoms with van der Waals surface area (Å²) in [7, 11) is 1.58. The molecule has 4 rings (SSSR count). The van der Waals surface area contributed by atoms with Crippen LogP contribution >= 0.6 is 11.6 Å². The third kappa shape index (κ3) is 3.97. The number of benzene rings is 2. The summed E-state index contributed by atoms with van der Waals surface area (Å²) in [6.45, 7) is 3.53. The van der Waals surface area contributed by atoms with Gasteiger partial charge in [-0.15, -0.1) is 0 Å². The van der Waals surface area contributed by atoms with E-state index < -0.39 is 11.6 Å². The molecule has 2 heterocycles. The van der Waals surface area contributed by atoms with Crippen molar-refractivity contribution in [2.45, 2.75) is 26.3 Å². The van der Waals surface area contributed by atoms with Crippen LogP contribution < -0.4 is 15.6 Å². The third-order valence-corrected chi connectivity index (χ3v) is 5.39. The predicted molar refractivity (Wildman–Crippen MR) is 122 cm³/mol. The molecule has 9 heteroatoms. The molecular weight excluding hydrogens is 432 g/mol. The average Bonchev–Trinajstić information content (AvgIpc) is 3.18. The number of anilines is 1. The number of ether oxygens (including phenoxy) is 1. The highest BCUT2D eigenvalue weighted by Gasteiger charge is 2.26. The lowest BCUT2D eigenvalue weighted by molar-refractivity contribution is -0.119. The highest BCUT2D eigenvalue weighted by molar-refractivity contribution is 6.30. The molecule has 8 nitrogen and oxygen atoms in total. The summed E-state index contributed by atoms with van der Waals surface area (Å²) in [6, 6.07) is 13.2. The molecule has 0 aliphatic carbocycles. The van der Waals surface area contributed by atoms with E-state index in [1.807, 2.05) is 19.1 Å². The fourth-order valence-electron chi connectivity index (χ4n) is 3.53. The van der Waals surface area contributed by atoms with Gasteiger partial charge in [-0.2, -0.15) is 5.10 Å². The van der Waals surface area contributed by atoms with Crippen LogP contribution in [0.4, 0.5) is 5.69 Å². The molecule has 2 aromatic carbocycles. The quantitative estimate of drug-likeness (QED) is 0.458. The van der Waals surface area contributed by atoms with E-state index in [4.69, 9.17) is 20.9 Å². The third-order valence-electron chi connectivity index (χ3n) is 5.16. The normalized spacial score (nSPS) is 12.0. The van der Waals surface area contributed by atoms with Gasteiger partial charge in [-0.3, -0.25) is 9.59 Å². The van der Waals surface area contributed by atoms with Gasteiger partial charge < -0.3 is 14.6 Å². The van der Waals surface area contributed by atoms with Gasteiger partial charge in [0.05, 0.1) is 12.5 Å². The van der Waals surface area contributed by atoms with E-state index in [0.717, 1.165) is 5.56 Å². The number of halogens is 1. The zero-order chi connectivity index (χ0) is 22.8. The van der Waals surface area contributed by atoms with Crippen LogP contribution in [0.25, 0.3) is 22.2 Å². The Bertz CT molecular complexity index is 1340. The number of carbonyl (C=O) groups is 1. The monoisotopic (exact) mass is 452 g/mol. The molecule has 4 aromatic rings. The van der Waals surface area contributed by atoms with Crippen LogP contribution in [0.2, 0.25) is 5.02 Å². The van der Waals surface area contributed by atoms with Crippen molar-refractivity contribution in [3.8, 4) is 17.0 Å². The number of fused-ring (bicyclic) bond motifs is 1. The van der Waals surface area contributed by atoms with E-state index in [2.05, 4.69) is 15.6 Å². The van der Waals surface area contributed by atoms with Gasteiger partial charge in [0.15, 0.2) is 5.52 Å². The molecule has 1 N–H and O–H groups in total. The van der Waals surface area contributed by atoms with Crippen LogP contribution in [0.1, 0.15) is 25.1 Å². The van der Waals surface area contributed by atoms with E-state index in [1.165, 1.54) is 4.68 Å². The van der Waals surface area contributed by atoms with Gasteiger partial charge in [0, 0.05) is 16.3 Å². The molecule has 0 saturated heterocycles. The summed E-state index contributed by atoms with van der Waals surface area (Å²) in [5, 5.41) is 12.3. The topological polar surface area (TPSA) is 99.2 Å². The summed E-state index contributed by atoms with van der Waals surface area (Å²) in [6.07, 6.45) is 0.337.